The Hall–Kier alpha value is -2.71. The second-order valence-electron chi connectivity index (χ2n) is 7.63. The average Bonchev–Trinajstić information content (AvgIpc) is 3.44. The fraction of sp³-hybridized carbons (Fsp3) is 0.318. The summed E-state index contributed by atoms with van der Waals surface area (Å²) in [5, 5.41) is 9.61. The van der Waals surface area contributed by atoms with Gasteiger partial charge >= 0.3 is 0 Å². The van der Waals surface area contributed by atoms with Crippen molar-refractivity contribution >= 4 is 44.1 Å². The maximum absolute atomic E-state index is 12.7. The molecule has 0 atom stereocenters. The summed E-state index contributed by atoms with van der Waals surface area (Å²) in [6, 6.07) is 10.3. The monoisotopic (exact) mass is 437 g/mol. The number of hydrogen-bond acceptors (Lipinski definition) is 6. The zero-order chi connectivity index (χ0) is 20.7. The van der Waals surface area contributed by atoms with E-state index in [0.717, 1.165) is 58.5 Å². The molecule has 4 heterocycles. The largest absolute Gasteiger partial charge is 0.346 e. The minimum absolute atomic E-state index is 0.133. The van der Waals surface area contributed by atoms with E-state index >= 15 is 0 Å². The van der Waals surface area contributed by atoms with Gasteiger partial charge in [0.1, 0.15) is 0 Å². The van der Waals surface area contributed by atoms with Crippen molar-refractivity contribution in [3.05, 3.63) is 57.9 Å². The Morgan fingerprint density at radius 2 is 1.87 bits per heavy atom. The van der Waals surface area contributed by atoms with Crippen molar-refractivity contribution in [1.82, 2.24) is 19.7 Å². The highest BCUT2D eigenvalue weighted by molar-refractivity contribution is 7.22. The number of thiophene rings is 1. The number of carbonyl (C=O) groups excluding carboxylic acids is 1. The molecule has 5 rings (SSSR count). The fourth-order valence-electron chi connectivity index (χ4n) is 3.80. The van der Waals surface area contributed by atoms with E-state index in [9.17, 15) is 4.79 Å². The Labute approximate surface area is 183 Å². The summed E-state index contributed by atoms with van der Waals surface area (Å²) in [5.74, 6) is 0.133. The first kappa shape index (κ1) is 19.3. The predicted octanol–water partition coefficient (Wildman–Crippen LogP) is 4.51. The Bertz CT molecular complexity index is 1180. The summed E-state index contributed by atoms with van der Waals surface area (Å²) in [5.41, 5.74) is 4.95. The molecule has 154 valence electrons. The summed E-state index contributed by atoms with van der Waals surface area (Å²) in [6.07, 6.45) is 0.939. The van der Waals surface area contributed by atoms with Gasteiger partial charge in [-0.05, 0) is 43.8 Å². The molecule has 0 radical (unpaired) electrons. The maximum atomic E-state index is 12.7. The van der Waals surface area contributed by atoms with Crippen LogP contribution in [0.4, 0.5) is 5.13 Å². The van der Waals surface area contributed by atoms with Gasteiger partial charge in [-0.2, -0.15) is 21.4 Å². The van der Waals surface area contributed by atoms with E-state index in [2.05, 4.69) is 36.1 Å². The van der Waals surface area contributed by atoms with Gasteiger partial charge < -0.3 is 9.80 Å². The van der Waals surface area contributed by atoms with Gasteiger partial charge in [-0.15, -0.1) is 0 Å². The predicted molar refractivity (Wildman–Crippen MR) is 123 cm³/mol. The summed E-state index contributed by atoms with van der Waals surface area (Å²) >= 11 is 3.26. The zero-order valence-electron chi connectivity index (χ0n) is 17.0. The molecular formula is C22H23N5OS2. The van der Waals surface area contributed by atoms with Crippen molar-refractivity contribution in [2.75, 3.05) is 31.1 Å². The lowest BCUT2D eigenvalue weighted by Gasteiger charge is -2.21. The molecule has 6 nitrogen and oxygen atoms in total. The summed E-state index contributed by atoms with van der Waals surface area (Å²) in [6.45, 7) is 7.32. The first-order valence-corrected chi connectivity index (χ1v) is 11.9. The van der Waals surface area contributed by atoms with Crippen molar-refractivity contribution in [3.63, 3.8) is 0 Å². The highest BCUT2D eigenvalue weighted by Crippen LogP contribution is 2.33. The summed E-state index contributed by atoms with van der Waals surface area (Å²) in [4.78, 5) is 22.0. The molecule has 0 aliphatic carbocycles. The van der Waals surface area contributed by atoms with E-state index in [0.29, 0.717) is 6.54 Å². The van der Waals surface area contributed by atoms with Gasteiger partial charge in [-0.3, -0.25) is 4.79 Å². The lowest BCUT2D eigenvalue weighted by molar-refractivity contribution is 0.0767. The van der Waals surface area contributed by atoms with Crippen molar-refractivity contribution < 1.29 is 4.79 Å². The molecule has 3 aromatic heterocycles. The van der Waals surface area contributed by atoms with E-state index in [4.69, 9.17) is 10.1 Å². The number of hydrogen-bond donors (Lipinski definition) is 0. The van der Waals surface area contributed by atoms with Crippen LogP contribution in [0.3, 0.4) is 0 Å². The van der Waals surface area contributed by atoms with Crippen LogP contribution < -0.4 is 4.90 Å². The Kier molecular flexibility index (Phi) is 5.04. The molecule has 1 saturated heterocycles. The van der Waals surface area contributed by atoms with Crippen molar-refractivity contribution in [2.45, 2.75) is 20.3 Å². The average molecular weight is 438 g/mol. The molecule has 8 heteroatoms. The topological polar surface area (TPSA) is 54.3 Å². The second-order valence-corrected chi connectivity index (χ2v) is 9.38. The zero-order valence-corrected chi connectivity index (χ0v) is 18.7. The number of thiazole rings is 1. The summed E-state index contributed by atoms with van der Waals surface area (Å²) < 4.78 is 3.06. The number of amides is 1. The third-order valence-electron chi connectivity index (χ3n) is 5.48. The highest BCUT2D eigenvalue weighted by Gasteiger charge is 2.24. The van der Waals surface area contributed by atoms with Gasteiger partial charge in [0.15, 0.2) is 10.8 Å². The van der Waals surface area contributed by atoms with Crippen LogP contribution in [-0.4, -0.2) is 51.8 Å². The third-order valence-corrected chi connectivity index (χ3v) is 7.37. The standard InChI is InChI=1S/C22H23N5OS2/c1-15-4-6-18(7-5-15)27-20-19(16(2)24-27)30-22(23-20)26-10-3-9-25(11-12-26)21(28)17-8-13-29-14-17/h4-8,13-14H,3,9-12H2,1-2H3. The van der Waals surface area contributed by atoms with Crippen LogP contribution in [0.25, 0.3) is 16.0 Å². The van der Waals surface area contributed by atoms with Crippen molar-refractivity contribution in [2.24, 2.45) is 0 Å². The molecule has 0 bridgehead atoms. The van der Waals surface area contributed by atoms with Crippen LogP contribution in [0.2, 0.25) is 0 Å². The first-order chi connectivity index (χ1) is 14.6. The molecule has 0 saturated carbocycles. The Balaban J connectivity index is 1.39. The number of rotatable bonds is 3. The number of aryl methyl sites for hydroxylation is 2. The lowest BCUT2D eigenvalue weighted by atomic mass is 10.2. The molecule has 0 unspecified atom stereocenters. The van der Waals surface area contributed by atoms with Crippen molar-refractivity contribution in [1.29, 1.82) is 0 Å². The normalized spacial score (nSPS) is 15.0. The van der Waals surface area contributed by atoms with Crippen LogP contribution in [0.15, 0.2) is 41.1 Å². The van der Waals surface area contributed by atoms with Gasteiger partial charge in [0, 0.05) is 31.6 Å². The molecule has 0 spiro atoms. The van der Waals surface area contributed by atoms with Gasteiger partial charge in [0.05, 0.1) is 21.6 Å². The molecule has 1 aliphatic rings. The van der Waals surface area contributed by atoms with Crippen LogP contribution >= 0.6 is 22.7 Å². The quantitative estimate of drug-likeness (QED) is 0.473. The molecule has 1 aromatic carbocycles. The van der Waals surface area contributed by atoms with Crippen LogP contribution in [-0.2, 0) is 0 Å². The van der Waals surface area contributed by atoms with E-state index in [-0.39, 0.29) is 5.91 Å². The first-order valence-electron chi connectivity index (χ1n) is 10.1. The number of carbonyl (C=O) groups is 1. The van der Waals surface area contributed by atoms with E-state index in [1.807, 2.05) is 33.3 Å². The molecule has 1 amide bonds. The SMILES string of the molecule is Cc1ccc(-n2nc(C)c3sc(N4CCCN(C(=O)c5ccsc5)CC4)nc32)cc1. The number of fused-ring (bicyclic) bond motifs is 1. The highest BCUT2D eigenvalue weighted by atomic mass is 32.1. The van der Waals surface area contributed by atoms with Gasteiger partial charge in [-0.25, -0.2) is 4.68 Å². The van der Waals surface area contributed by atoms with Gasteiger partial charge in [-0.1, -0.05) is 29.0 Å². The van der Waals surface area contributed by atoms with Crippen LogP contribution in [0.1, 0.15) is 28.0 Å². The van der Waals surface area contributed by atoms with Gasteiger partial charge in [0.25, 0.3) is 5.91 Å². The number of aromatic nitrogens is 3. The lowest BCUT2D eigenvalue weighted by Crippen LogP contribution is -2.35. The number of nitrogens with zero attached hydrogens (tertiary/aromatic N) is 5. The Morgan fingerprint density at radius 3 is 2.63 bits per heavy atom. The maximum Gasteiger partial charge on any atom is 0.254 e. The van der Waals surface area contributed by atoms with Crippen molar-refractivity contribution in [3.8, 4) is 5.69 Å². The minimum atomic E-state index is 0.133. The van der Waals surface area contributed by atoms with Crippen LogP contribution in [0, 0.1) is 13.8 Å². The minimum Gasteiger partial charge on any atom is -0.346 e. The molecular weight excluding hydrogens is 414 g/mol. The molecule has 30 heavy (non-hydrogen) atoms. The smallest absolute Gasteiger partial charge is 0.254 e. The van der Waals surface area contributed by atoms with E-state index in [1.54, 1.807) is 22.7 Å². The molecule has 1 fully saturated rings. The fourth-order valence-corrected chi connectivity index (χ4v) is 5.47. The number of anilines is 1. The molecule has 1 aliphatic heterocycles. The summed E-state index contributed by atoms with van der Waals surface area (Å²) in [7, 11) is 0. The van der Waals surface area contributed by atoms with E-state index < -0.39 is 0 Å². The second kappa shape index (κ2) is 7.85. The molecule has 0 N–H and O–H groups in total. The van der Waals surface area contributed by atoms with Crippen LogP contribution in [0.5, 0.6) is 0 Å². The number of benzene rings is 1. The third kappa shape index (κ3) is 3.50. The molecule has 4 aromatic rings. The Morgan fingerprint density at radius 1 is 1.03 bits per heavy atom. The van der Waals surface area contributed by atoms with Gasteiger partial charge in [0.2, 0.25) is 0 Å². The van der Waals surface area contributed by atoms with E-state index in [1.165, 1.54) is 5.56 Å².